The number of rotatable bonds is 5. The maximum Gasteiger partial charge on any atom is 0.271 e. The minimum Gasteiger partial charge on any atom is -0.497 e. The number of amides is 1. The Labute approximate surface area is 147 Å². The van der Waals surface area contributed by atoms with Gasteiger partial charge >= 0.3 is 0 Å². The second kappa shape index (κ2) is 7.70. The molecule has 2 N–H and O–H groups in total. The van der Waals surface area contributed by atoms with E-state index in [4.69, 9.17) is 4.74 Å². The molecular formula is C19H25N3O3. The number of H-pyrrole nitrogens is 1. The lowest BCUT2D eigenvalue weighted by atomic mass is 9.86. The lowest BCUT2D eigenvalue weighted by molar-refractivity contribution is 0.0448. The van der Waals surface area contributed by atoms with Crippen molar-refractivity contribution in [1.29, 1.82) is 0 Å². The van der Waals surface area contributed by atoms with Gasteiger partial charge in [0.15, 0.2) is 0 Å². The van der Waals surface area contributed by atoms with Crippen LogP contribution >= 0.6 is 0 Å². The molecule has 3 rings (SSSR count). The minimum absolute atomic E-state index is 0.112. The lowest BCUT2D eigenvalue weighted by Gasteiger charge is -2.31. The van der Waals surface area contributed by atoms with E-state index in [1.807, 2.05) is 24.3 Å². The highest BCUT2D eigenvalue weighted by molar-refractivity contribution is 5.93. The van der Waals surface area contributed by atoms with Gasteiger partial charge in [0.25, 0.3) is 5.91 Å². The SMILES string of the molecule is COc1cccc(-c2cc(C(=O)N(C)CC3CCCCC3O)[nH]n2)c1. The third-order valence-electron chi connectivity index (χ3n) is 4.90. The van der Waals surface area contributed by atoms with E-state index in [0.29, 0.717) is 17.9 Å². The summed E-state index contributed by atoms with van der Waals surface area (Å²) in [5.41, 5.74) is 2.04. The molecule has 2 unspecified atom stereocenters. The molecule has 0 spiro atoms. The molecule has 1 saturated carbocycles. The Morgan fingerprint density at radius 1 is 1.36 bits per heavy atom. The predicted octanol–water partition coefficient (Wildman–Crippen LogP) is 2.71. The molecule has 0 aliphatic heterocycles. The van der Waals surface area contributed by atoms with Crippen LogP contribution in [0.5, 0.6) is 5.75 Å². The van der Waals surface area contributed by atoms with Crippen LogP contribution in [0.1, 0.15) is 36.2 Å². The average Bonchev–Trinajstić information content (AvgIpc) is 3.13. The molecule has 1 amide bonds. The number of methoxy groups -OCH3 is 1. The van der Waals surface area contributed by atoms with E-state index in [1.54, 1.807) is 25.1 Å². The Hall–Kier alpha value is -2.34. The number of ether oxygens (including phenoxy) is 1. The van der Waals surface area contributed by atoms with Gasteiger partial charge in [0, 0.05) is 25.1 Å². The molecule has 0 saturated heterocycles. The Balaban J connectivity index is 1.69. The first kappa shape index (κ1) is 17.5. The normalized spacial score (nSPS) is 20.3. The van der Waals surface area contributed by atoms with Crippen LogP contribution in [-0.2, 0) is 0 Å². The average molecular weight is 343 g/mol. The smallest absolute Gasteiger partial charge is 0.271 e. The maximum absolute atomic E-state index is 12.6. The molecule has 25 heavy (non-hydrogen) atoms. The molecule has 1 aromatic carbocycles. The van der Waals surface area contributed by atoms with Crippen molar-refractivity contribution in [2.75, 3.05) is 20.7 Å². The second-order valence-electron chi connectivity index (χ2n) is 6.70. The van der Waals surface area contributed by atoms with E-state index in [2.05, 4.69) is 10.2 Å². The van der Waals surface area contributed by atoms with Crippen LogP contribution in [0.15, 0.2) is 30.3 Å². The summed E-state index contributed by atoms with van der Waals surface area (Å²) in [4.78, 5) is 14.3. The van der Waals surface area contributed by atoms with Crippen molar-refractivity contribution in [3.8, 4) is 17.0 Å². The molecule has 134 valence electrons. The molecule has 0 radical (unpaired) electrons. The van der Waals surface area contributed by atoms with Gasteiger partial charge in [-0.2, -0.15) is 5.10 Å². The number of aromatic amines is 1. The van der Waals surface area contributed by atoms with Gasteiger partial charge in [0.2, 0.25) is 0 Å². The number of nitrogens with one attached hydrogen (secondary N) is 1. The summed E-state index contributed by atoms with van der Waals surface area (Å²) in [5.74, 6) is 0.791. The summed E-state index contributed by atoms with van der Waals surface area (Å²) >= 11 is 0. The van der Waals surface area contributed by atoms with E-state index < -0.39 is 0 Å². The fraction of sp³-hybridized carbons (Fsp3) is 0.474. The topological polar surface area (TPSA) is 78.5 Å². The number of benzene rings is 1. The van der Waals surface area contributed by atoms with E-state index in [0.717, 1.165) is 37.0 Å². The molecular weight excluding hydrogens is 318 g/mol. The number of hydrogen-bond donors (Lipinski definition) is 2. The first-order chi connectivity index (χ1) is 12.1. The molecule has 2 atom stereocenters. The van der Waals surface area contributed by atoms with Crippen molar-refractivity contribution >= 4 is 5.91 Å². The Morgan fingerprint density at radius 2 is 2.16 bits per heavy atom. The summed E-state index contributed by atoms with van der Waals surface area (Å²) in [5, 5.41) is 17.2. The zero-order valence-electron chi connectivity index (χ0n) is 14.7. The Bertz CT molecular complexity index is 728. The number of aliphatic hydroxyl groups is 1. The molecule has 6 heteroatoms. The summed E-state index contributed by atoms with van der Waals surface area (Å²) in [6.45, 7) is 0.563. The minimum atomic E-state index is -0.307. The number of aromatic nitrogens is 2. The van der Waals surface area contributed by atoms with Gasteiger partial charge in [-0.1, -0.05) is 25.0 Å². The van der Waals surface area contributed by atoms with Crippen LogP contribution in [0.2, 0.25) is 0 Å². The van der Waals surface area contributed by atoms with E-state index in [-0.39, 0.29) is 17.9 Å². The van der Waals surface area contributed by atoms with Crippen molar-refractivity contribution < 1.29 is 14.6 Å². The standard InChI is InChI=1S/C19H25N3O3/c1-22(12-14-6-3-4-9-18(14)23)19(24)17-11-16(20-21-17)13-7-5-8-15(10-13)25-2/h5,7-8,10-11,14,18,23H,3-4,6,9,12H2,1-2H3,(H,20,21). The van der Waals surface area contributed by atoms with Crippen molar-refractivity contribution in [2.24, 2.45) is 5.92 Å². The van der Waals surface area contributed by atoms with Gasteiger partial charge in [-0.25, -0.2) is 0 Å². The monoisotopic (exact) mass is 343 g/mol. The first-order valence-electron chi connectivity index (χ1n) is 8.72. The van der Waals surface area contributed by atoms with Crippen molar-refractivity contribution in [2.45, 2.75) is 31.8 Å². The zero-order valence-corrected chi connectivity index (χ0v) is 14.7. The fourth-order valence-corrected chi connectivity index (χ4v) is 3.40. The highest BCUT2D eigenvalue weighted by atomic mass is 16.5. The number of nitrogens with zero attached hydrogens (tertiary/aromatic N) is 2. The highest BCUT2D eigenvalue weighted by Gasteiger charge is 2.26. The van der Waals surface area contributed by atoms with Crippen LogP contribution in [0, 0.1) is 5.92 Å². The molecule has 1 aromatic heterocycles. The molecule has 0 bridgehead atoms. The van der Waals surface area contributed by atoms with Crippen molar-refractivity contribution in [3.05, 3.63) is 36.0 Å². The van der Waals surface area contributed by atoms with E-state index in [9.17, 15) is 9.90 Å². The van der Waals surface area contributed by atoms with Gasteiger partial charge < -0.3 is 14.7 Å². The van der Waals surface area contributed by atoms with Gasteiger partial charge in [-0.05, 0) is 31.0 Å². The molecule has 1 aliphatic rings. The Morgan fingerprint density at radius 3 is 2.92 bits per heavy atom. The van der Waals surface area contributed by atoms with Gasteiger partial charge in [-0.15, -0.1) is 0 Å². The van der Waals surface area contributed by atoms with Crippen LogP contribution in [0.3, 0.4) is 0 Å². The zero-order chi connectivity index (χ0) is 17.8. The first-order valence-corrected chi connectivity index (χ1v) is 8.72. The van der Waals surface area contributed by atoms with Crippen LogP contribution in [0.25, 0.3) is 11.3 Å². The third-order valence-corrected chi connectivity index (χ3v) is 4.90. The Kier molecular flexibility index (Phi) is 5.38. The molecule has 1 heterocycles. The molecule has 6 nitrogen and oxygen atoms in total. The quantitative estimate of drug-likeness (QED) is 0.875. The largest absolute Gasteiger partial charge is 0.497 e. The summed E-state index contributed by atoms with van der Waals surface area (Å²) in [6, 6.07) is 9.32. The van der Waals surface area contributed by atoms with Gasteiger partial charge in [0.1, 0.15) is 11.4 Å². The molecule has 2 aromatic rings. The number of carbonyl (C=O) groups is 1. The summed E-state index contributed by atoms with van der Waals surface area (Å²) < 4.78 is 5.23. The van der Waals surface area contributed by atoms with Crippen molar-refractivity contribution in [1.82, 2.24) is 15.1 Å². The van der Waals surface area contributed by atoms with E-state index >= 15 is 0 Å². The fourth-order valence-electron chi connectivity index (χ4n) is 3.40. The van der Waals surface area contributed by atoms with Gasteiger partial charge in [0.05, 0.1) is 18.9 Å². The maximum atomic E-state index is 12.6. The third kappa shape index (κ3) is 4.02. The molecule has 1 fully saturated rings. The second-order valence-corrected chi connectivity index (χ2v) is 6.70. The number of hydrogen-bond acceptors (Lipinski definition) is 4. The summed E-state index contributed by atoms with van der Waals surface area (Å²) in [6.07, 6.45) is 3.68. The van der Waals surface area contributed by atoms with Gasteiger partial charge in [-0.3, -0.25) is 9.89 Å². The van der Waals surface area contributed by atoms with Crippen LogP contribution in [-0.4, -0.2) is 52.9 Å². The predicted molar refractivity (Wildman–Crippen MR) is 95.5 cm³/mol. The van der Waals surface area contributed by atoms with Crippen molar-refractivity contribution in [3.63, 3.8) is 0 Å². The van der Waals surface area contributed by atoms with Crippen LogP contribution in [0.4, 0.5) is 0 Å². The summed E-state index contributed by atoms with van der Waals surface area (Å²) in [7, 11) is 3.39. The lowest BCUT2D eigenvalue weighted by Crippen LogP contribution is -2.38. The highest BCUT2D eigenvalue weighted by Crippen LogP contribution is 2.26. The van der Waals surface area contributed by atoms with E-state index in [1.165, 1.54) is 0 Å². The number of aliphatic hydroxyl groups excluding tert-OH is 1. The molecule has 1 aliphatic carbocycles. The number of carbonyl (C=O) groups excluding carboxylic acids is 1. The van der Waals surface area contributed by atoms with Crippen LogP contribution < -0.4 is 4.74 Å².